The van der Waals surface area contributed by atoms with Crippen LogP contribution in [0, 0.1) is 6.92 Å². The van der Waals surface area contributed by atoms with Crippen LogP contribution in [0.4, 0.5) is 17.5 Å². The number of aliphatic hydroxyl groups is 1. The van der Waals surface area contributed by atoms with Gasteiger partial charge in [-0.05, 0) is 58.1 Å². The summed E-state index contributed by atoms with van der Waals surface area (Å²) < 4.78 is 11.2. The van der Waals surface area contributed by atoms with Gasteiger partial charge in [-0.25, -0.2) is 4.98 Å². The van der Waals surface area contributed by atoms with Crippen LogP contribution < -0.4 is 25.4 Å². The topological polar surface area (TPSA) is 104 Å². The van der Waals surface area contributed by atoms with Crippen molar-refractivity contribution in [3.05, 3.63) is 30.0 Å². The molecule has 170 valence electrons. The van der Waals surface area contributed by atoms with E-state index in [1.807, 2.05) is 38.2 Å². The zero-order valence-corrected chi connectivity index (χ0v) is 18.6. The molecule has 0 unspecified atom stereocenters. The number of hydrogen-bond acceptors (Lipinski definition) is 9. The van der Waals surface area contributed by atoms with Gasteiger partial charge in [0.25, 0.3) is 0 Å². The number of methoxy groups -OCH3 is 1. The lowest BCUT2D eigenvalue weighted by Crippen LogP contribution is -2.39. The lowest BCUT2D eigenvalue weighted by Gasteiger charge is -2.30. The van der Waals surface area contributed by atoms with Crippen molar-refractivity contribution < 1.29 is 14.6 Å². The molecule has 1 aliphatic rings. The van der Waals surface area contributed by atoms with Crippen molar-refractivity contribution in [2.24, 2.45) is 0 Å². The van der Waals surface area contributed by atoms with E-state index in [1.54, 1.807) is 7.11 Å². The van der Waals surface area contributed by atoms with Crippen LogP contribution in [0.3, 0.4) is 0 Å². The number of likely N-dealkylation sites (tertiary alicyclic amines) is 1. The average Bonchev–Trinajstić information content (AvgIpc) is 2.73. The summed E-state index contributed by atoms with van der Waals surface area (Å²) in [5.41, 5.74) is 1.62. The molecule has 0 saturated carbocycles. The van der Waals surface area contributed by atoms with Crippen molar-refractivity contribution in [3.63, 3.8) is 0 Å². The number of ether oxygens (including phenoxy) is 2. The number of nitrogens with zero attached hydrogens (tertiary/aromatic N) is 3. The molecule has 0 radical (unpaired) electrons. The molecule has 31 heavy (non-hydrogen) atoms. The Morgan fingerprint density at radius 3 is 2.74 bits per heavy atom. The second kappa shape index (κ2) is 11.7. The highest BCUT2D eigenvalue weighted by Crippen LogP contribution is 2.31. The predicted octanol–water partition coefficient (Wildman–Crippen LogP) is 2.00. The third-order valence-corrected chi connectivity index (χ3v) is 5.12. The summed E-state index contributed by atoms with van der Waals surface area (Å²) in [4.78, 5) is 11.3. The van der Waals surface area contributed by atoms with Crippen LogP contribution in [-0.2, 0) is 0 Å². The summed E-state index contributed by atoms with van der Waals surface area (Å²) in [6.07, 6.45) is 1.80. The summed E-state index contributed by atoms with van der Waals surface area (Å²) in [7, 11) is 3.41. The fourth-order valence-corrected chi connectivity index (χ4v) is 3.30. The molecule has 1 fully saturated rings. The van der Waals surface area contributed by atoms with Crippen LogP contribution in [0.15, 0.2) is 24.3 Å². The number of nitrogens with one attached hydrogen (secondary N) is 3. The van der Waals surface area contributed by atoms with E-state index < -0.39 is 6.10 Å². The minimum absolute atomic E-state index is 0.170. The highest BCUT2D eigenvalue weighted by atomic mass is 16.5. The molecule has 0 amide bonds. The van der Waals surface area contributed by atoms with Crippen molar-refractivity contribution in [1.29, 1.82) is 0 Å². The van der Waals surface area contributed by atoms with E-state index in [-0.39, 0.29) is 6.61 Å². The van der Waals surface area contributed by atoms with E-state index in [0.717, 1.165) is 36.7 Å². The molecule has 1 atom stereocenters. The average molecular weight is 431 g/mol. The maximum absolute atomic E-state index is 10.3. The molecule has 0 spiro atoms. The first-order chi connectivity index (χ1) is 15.1. The number of aryl methyl sites for hydroxylation is 1. The number of aromatic nitrogens is 2. The van der Waals surface area contributed by atoms with Crippen LogP contribution in [0.25, 0.3) is 0 Å². The van der Waals surface area contributed by atoms with Crippen LogP contribution >= 0.6 is 0 Å². The van der Waals surface area contributed by atoms with Crippen LogP contribution in [0.5, 0.6) is 11.5 Å². The zero-order chi connectivity index (χ0) is 22.1. The molecule has 9 heteroatoms. The van der Waals surface area contributed by atoms with Gasteiger partial charge in [-0.3, -0.25) is 0 Å². The van der Waals surface area contributed by atoms with Crippen molar-refractivity contribution in [1.82, 2.24) is 20.2 Å². The van der Waals surface area contributed by atoms with Gasteiger partial charge in [-0.15, -0.1) is 0 Å². The maximum Gasteiger partial charge on any atom is 0.229 e. The van der Waals surface area contributed by atoms with E-state index in [0.29, 0.717) is 24.0 Å². The van der Waals surface area contributed by atoms with E-state index in [1.165, 1.54) is 19.5 Å². The number of anilines is 3. The molecule has 1 aromatic heterocycles. The molecule has 0 bridgehead atoms. The van der Waals surface area contributed by atoms with E-state index in [4.69, 9.17) is 9.47 Å². The maximum atomic E-state index is 10.3. The van der Waals surface area contributed by atoms with Crippen LogP contribution in [-0.4, -0.2) is 79.6 Å². The normalized spacial score (nSPS) is 14.6. The summed E-state index contributed by atoms with van der Waals surface area (Å²) in [5, 5.41) is 19.8. The van der Waals surface area contributed by atoms with E-state index >= 15 is 0 Å². The number of benzene rings is 1. The van der Waals surface area contributed by atoms with Gasteiger partial charge in [0.1, 0.15) is 18.5 Å². The Bertz CT molecular complexity index is 831. The van der Waals surface area contributed by atoms with Crippen LogP contribution in [0.1, 0.15) is 18.5 Å². The lowest BCUT2D eigenvalue weighted by molar-refractivity contribution is 0.104. The Kier molecular flexibility index (Phi) is 8.69. The van der Waals surface area contributed by atoms with Gasteiger partial charge >= 0.3 is 0 Å². The third-order valence-electron chi connectivity index (χ3n) is 5.12. The molecule has 2 heterocycles. The predicted molar refractivity (Wildman–Crippen MR) is 123 cm³/mol. The van der Waals surface area contributed by atoms with Gasteiger partial charge < -0.3 is 35.4 Å². The Labute approximate surface area is 184 Å². The molecule has 1 aliphatic heterocycles. The molecule has 3 rings (SSSR count). The Morgan fingerprint density at radius 2 is 2.03 bits per heavy atom. The smallest absolute Gasteiger partial charge is 0.229 e. The van der Waals surface area contributed by atoms with Crippen molar-refractivity contribution in [3.8, 4) is 11.5 Å². The molecule has 1 saturated heterocycles. The molecule has 0 aliphatic carbocycles. The second-order valence-electron chi connectivity index (χ2n) is 7.68. The highest BCUT2D eigenvalue weighted by molar-refractivity contribution is 5.60. The molecule has 2 aromatic rings. The Hall–Kier alpha value is -2.62. The molecular formula is C22H34N6O3. The first-order valence-corrected chi connectivity index (χ1v) is 10.8. The Balaban J connectivity index is 1.49. The third kappa shape index (κ3) is 7.23. The Morgan fingerprint density at radius 1 is 1.19 bits per heavy atom. The number of hydrogen-bond donors (Lipinski definition) is 4. The fraction of sp³-hybridized carbons (Fsp3) is 0.545. The molecule has 4 N–H and O–H groups in total. The number of rotatable bonds is 13. The van der Waals surface area contributed by atoms with Crippen molar-refractivity contribution >= 4 is 17.5 Å². The molecule has 1 aromatic carbocycles. The van der Waals surface area contributed by atoms with Gasteiger partial charge in [0.2, 0.25) is 5.95 Å². The minimum atomic E-state index is -0.608. The SMILES string of the molecule is CNc1cc(C)nc(Nc2ccc(OC)c(OC[C@H](O)CNCCCN3CCC3)c2)n1. The van der Waals surface area contributed by atoms with Crippen LogP contribution in [0.2, 0.25) is 0 Å². The summed E-state index contributed by atoms with van der Waals surface area (Å²) in [6.45, 7) is 7.03. The summed E-state index contributed by atoms with van der Waals surface area (Å²) in [6, 6.07) is 7.37. The van der Waals surface area contributed by atoms with Gasteiger partial charge in [0, 0.05) is 37.1 Å². The number of aliphatic hydroxyl groups excluding tert-OH is 1. The van der Waals surface area contributed by atoms with E-state index in [9.17, 15) is 5.11 Å². The standard InChI is InChI=1S/C22H34N6O3/c1-16-12-21(23-2)27-22(25-16)26-17-6-7-19(30-3)20(13-17)31-15-18(29)14-24-8-4-9-28-10-5-11-28/h6-7,12-13,18,24,29H,4-5,8-11,14-15H2,1-3H3,(H2,23,25,26,27)/t18-/m1/s1. The first-order valence-electron chi connectivity index (χ1n) is 10.8. The lowest BCUT2D eigenvalue weighted by atomic mass is 10.2. The first kappa shape index (κ1) is 23.1. The molecule has 9 nitrogen and oxygen atoms in total. The highest BCUT2D eigenvalue weighted by Gasteiger charge is 2.13. The molecular weight excluding hydrogens is 396 g/mol. The minimum Gasteiger partial charge on any atom is -0.493 e. The van der Waals surface area contributed by atoms with Gasteiger partial charge in [0.05, 0.1) is 7.11 Å². The summed E-state index contributed by atoms with van der Waals surface area (Å²) >= 11 is 0. The van der Waals surface area contributed by atoms with Gasteiger partial charge in [-0.2, -0.15) is 4.98 Å². The largest absolute Gasteiger partial charge is 0.493 e. The fourth-order valence-electron chi connectivity index (χ4n) is 3.30. The van der Waals surface area contributed by atoms with E-state index in [2.05, 4.69) is 30.8 Å². The summed E-state index contributed by atoms with van der Waals surface area (Å²) in [5.74, 6) is 2.37. The zero-order valence-electron chi connectivity index (χ0n) is 18.6. The van der Waals surface area contributed by atoms with Crippen molar-refractivity contribution in [2.75, 3.05) is 64.1 Å². The quantitative estimate of drug-likeness (QED) is 0.355. The van der Waals surface area contributed by atoms with Gasteiger partial charge in [-0.1, -0.05) is 0 Å². The monoisotopic (exact) mass is 430 g/mol. The second-order valence-corrected chi connectivity index (χ2v) is 7.68. The van der Waals surface area contributed by atoms with Gasteiger partial charge in [0.15, 0.2) is 11.5 Å². The van der Waals surface area contributed by atoms with Crippen molar-refractivity contribution in [2.45, 2.75) is 25.9 Å².